The summed E-state index contributed by atoms with van der Waals surface area (Å²) in [5.74, 6) is 0. The van der Waals surface area contributed by atoms with Crippen molar-refractivity contribution in [3.63, 3.8) is 0 Å². The minimum absolute atomic E-state index is 0.208. The molecular formula is C26H43N3O3. The molecule has 0 aromatic heterocycles. The van der Waals surface area contributed by atoms with Crippen LogP contribution in [0, 0.1) is 0 Å². The number of carbonyl (C=O) groups excluding carboxylic acids is 1. The van der Waals surface area contributed by atoms with Gasteiger partial charge in [0.15, 0.2) is 0 Å². The summed E-state index contributed by atoms with van der Waals surface area (Å²) >= 11 is 0. The quantitative estimate of drug-likeness (QED) is 0.549. The number of amides is 1. The zero-order valence-corrected chi connectivity index (χ0v) is 20.3. The number of rotatable bonds is 9. The summed E-state index contributed by atoms with van der Waals surface area (Å²) in [4.78, 5) is 14.5. The number of ether oxygens (including phenoxy) is 2. The molecule has 2 fully saturated rings. The Morgan fingerprint density at radius 3 is 2.34 bits per heavy atom. The zero-order valence-electron chi connectivity index (χ0n) is 20.3. The fourth-order valence-electron chi connectivity index (χ4n) is 4.61. The largest absolute Gasteiger partial charge is 0.444 e. The molecule has 32 heavy (non-hydrogen) atoms. The average Bonchev–Trinajstić information content (AvgIpc) is 2.75. The minimum Gasteiger partial charge on any atom is -0.444 e. The van der Waals surface area contributed by atoms with Crippen molar-refractivity contribution < 1.29 is 14.3 Å². The molecule has 0 bridgehead atoms. The Kier molecular flexibility index (Phi) is 9.82. The highest BCUT2D eigenvalue weighted by atomic mass is 16.6. The van der Waals surface area contributed by atoms with Gasteiger partial charge in [0.05, 0.1) is 6.10 Å². The molecule has 1 heterocycles. The van der Waals surface area contributed by atoms with Gasteiger partial charge in [-0.2, -0.15) is 0 Å². The monoisotopic (exact) mass is 445 g/mol. The van der Waals surface area contributed by atoms with Crippen molar-refractivity contribution in [1.29, 1.82) is 0 Å². The topological polar surface area (TPSA) is 62.8 Å². The second kappa shape index (κ2) is 12.6. The Morgan fingerprint density at radius 2 is 1.69 bits per heavy atom. The highest BCUT2D eigenvalue weighted by molar-refractivity contribution is 5.68. The Balaban J connectivity index is 1.18. The number of likely N-dealkylation sites (tertiary alicyclic amines) is 1. The maximum Gasteiger partial charge on any atom is 0.407 e. The maximum absolute atomic E-state index is 11.9. The van der Waals surface area contributed by atoms with Gasteiger partial charge in [-0.15, -0.1) is 0 Å². The standard InChI is InChI=1S/C26H43N3O3/c1-26(2,3)32-25(30)28-23-10-12-24(13-11-23)31-19-7-16-27-22-14-17-29(18-15-22)20-21-8-5-4-6-9-21/h4-6,8-9,22-24,27H,7,10-20H2,1-3H3,(H,28,30). The van der Waals surface area contributed by atoms with Crippen molar-refractivity contribution in [3.8, 4) is 0 Å². The molecule has 0 radical (unpaired) electrons. The third kappa shape index (κ3) is 9.47. The van der Waals surface area contributed by atoms with Gasteiger partial charge < -0.3 is 20.1 Å². The van der Waals surface area contributed by atoms with E-state index in [0.29, 0.717) is 12.1 Å². The minimum atomic E-state index is -0.447. The Bertz CT molecular complexity index is 661. The van der Waals surface area contributed by atoms with E-state index < -0.39 is 5.60 Å². The maximum atomic E-state index is 11.9. The lowest BCUT2D eigenvalue weighted by molar-refractivity contribution is 0.0167. The molecule has 6 heteroatoms. The predicted molar refractivity (Wildman–Crippen MR) is 129 cm³/mol. The lowest BCUT2D eigenvalue weighted by Gasteiger charge is -2.32. The van der Waals surface area contributed by atoms with Crippen molar-refractivity contribution in [3.05, 3.63) is 35.9 Å². The molecule has 2 N–H and O–H groups in total. The van der Waals surface area contributed by atoms with Gasteiger partial charge in [0, 0.05) is 25.2 Å². The second-order valence-electron chi connectivity index (χ2n) is 10.3. The van der Waals surface area contributed by atoms with E-state index in [2.05, 4.69) is 45.9 Å². The first-order valence-corrected chi connectivity index (χ1v) is 12.5. The van der Waals surface area contributed by atoms with Crippen LogP contribution in [0.1, 0.15) is 71.3 Å². The molecule has 1 aromatic rings. The van der Waals surface area contributed by atoms with Crippen LogP contribution in [-0.2, 0) is 16.0 Å². The van der Waals surface area contributed by atoms with Gasteiger partial charge >= 0.3 is 6.09 Å². The number of benzene rings is 1. The molecule has 1 saturated carbocycles. The summed E-state index contributed by atoms with van der Waals surface area (Å²) in [7, 11) is 0. The van der Waals surface area contributed by atoms with E-state index in [9.17, 15) is 4.79 Å². The van der Waals surface area contributed by atoms with Gasteiger partial charge in [-0.1, -0.05) is 30.3 Å². The average molecular weight is 446 g/mol. The van der Waals surface area contributed by atoms with Gasteiger partial charge in [0.2, 0.25) is 0 Å². The molecule has 1 amide bonds. The number of alkyl carbamates (subject to hydrolysis) is 1. The SMILES string of the molecule is CC(C)(C)OC(=O)NC1CCC(OCCCNC2CCN(Cc3ccccc3)CC2)CC1. The van der Waals surface area contributed by atoms with Crippen molar-refractivity contribution >= 4 is 6.09 Å². The van der Waals surface area contributed by atoms with Crippen molar-refractivity contribution in [2.24, 2.45) is 0 Å². The number of nitrogens with one attached hydrogen (secondary N) is 2. The Hall–Kier alpha value is -1.63. The van der Waals surface area contributed by atoms with E-state index in [0.717, 1.165) is 51.8 Å². The van der Waals surface area contributed by atoms with Crippen LogP contribution in [0.3, 0.4) is 0 Å². The van der Waals surface area contributed by atoms with Crippen molar-refractivity contribution in [1.82, 2.24) is 15.5 Å². The molecule has 6 nitrogen and oxygen atoms in total. The summed E-state index contributed by atoms with van der Waals surface area (Å²) in [5.41, 5.74) is 0.961. The van der Waals surface area contributed by atoms with Crippen LogP contribution in [-0.4, -0.2) is 61.0 Å². The van der Waals surface area contributed by atoms with Crippen molar-refractivity contribution in [2.75, 3.05) is 26.2 Å². The summed E-state index contributed by atoms with van der Waals surface area (Å²) < 4.78 is 11.4. The second-order valence-corrected chi connectivity index (χ2v) is 10.3. The molecule has 2 aliphatic rings. The summed E-state index contributed by atoms with van der Waals surface area (Å²) in [6.07, 6.45) is 7.46. The van der Waals surface area contributed by atoms with Gasteiger partial charge in [0.1, 0.15) is 5.60 Å². The highest BCUT2D eigenvalue weighted by Gasteiger charge is 2.25. The molecule has 1 saturated heterocycles. The molecule has 0 atom stereocenters. The zero-order chi connectivity index (χ0) is 22.8. The molecule has 3 rings (SSSR count). The van der Waals surface area contributed by atoms with Crippen LogP contribution in [0.25, 0.3) is 0 Å². The van der Waals surface area contributed by atoms with Crippen LogP contribution in [0.15, 0.2) is 30.3 Å². The third-order valence-electron chi connectivity index (χ3n) is 6.34. The van der Waals surface area contributed by atoms with E-state index in [1.807, 2.05) is 20.8 Å². The van der Waals surface area contributed by atoms with Gasteiger partial charge in [-0.05, 0) is 90.9 Å². The lowest BCUT2D eigenvalue weighted by atomic mass is 9.93. The molecule has 1 aliphatic heterocycles. The molecular weight excluding hydrogens is 402 g/mol. The summed E-state index contributed by atoms with van der Waals surface area (Å²) in [6.45, 7) is 10.9. The fraction of sp³-hybridized carbons (Fsp3) is 0.731. The van der Waals surface area contributed by atoms with Crippen LogP contribution < -0.4 is 10.6 Å². The number of carbonyl (C=O) groups is 1. The van der Waals surface area contributed by atoms with E-state index >= 15 is 0 Å². The van der Waals surface area contributed by atoms with Crippen LogP contribution in [0.2, 0.25) is 0 Å². The first-order chi connectivity index (χ1) is 15.4. The van der Waals surface area contributed by atoms with Gasteiger partial charge in [-0.3, -0.25) is 4.90 Å². The van der Waals surface area contributed by atoms with E-state index in [1.165, 1.54) is 31.5 Å². The molecule has 1 aliphatic carbocycles. The molecule has 0 spiro atoms. The summed E-state index contributed by atoms with van der Waals surface area (Å²) in [6, 6.07) is 11.6. The number of nitrogens with zero attached hydrogens (tertiary/aromatic N) is 1. The summed E-state index contributed by atoms with van der Waals surface area (Å²) in [5, 5.41) is 6.72. The van der Waals surface area contributed by atoms with Gasteiger partial charge in [0.25, 0.3) is 0 Å². The highest BCUT2D eigenvalue weighted by Crippen LogP contribution is 2.22. The molecule has 1 aromatic carbocycles. The molecule has 180 valence electrons. The fourth-order valence-corrected chi connectivity index (χ4v) is 4.61. The number of hydrogen-bond acceptors (Lipinski definition) is 5. The van der Waals surface area contributed by atoms with E-state index in [1.54, 1.807) is 0 Å². The smallest absolute Gasteiger partial charge is 0.407 e. The van der Waals surface area contributed by atoms with Crippen LogP contribution in [0.5, 0.6) is 0 Å². The number of hydrogen-bond donors (Lipinski definition) is 2. The van der Waals surface area contributed by atoms with Crippen LogP contribution >= 0.6 is 0 Å². The van der Waals surface area contributed by atoms with E-state index in [-0.39, 0.29) is 12.1 Å². The third-order valence-corrected chi connectivity index (χ3v) is 6.34. The first kappa shape index (κ1) is 25.0. The lowest BCUT2D eigenvalue weighted by Crippen LogP contribution is -2.42. The Labute approximate surface area is 194 Å². The molecule has 0 unspecified atom stereocenters. The van der Waals surface area contributed by atoms with E-state index in [4.69, 9.17) is 9.47 Å². The van der Waals surface area contributed by atoms with Crippen LogP contribution in [0.4, 0.5) is 4.79 Å². The number of piperidine rings is 1. The Morgan fingerprint density at radius 1 is 1.00 bits per heavy atom. The van der Waals surface area contributed by atoms with Gasteiger partial charge in [-0.25, -0.2) is 4.79 Å². The van der Waals surface area contributed by atoms with Crippen molar-refractivity contribution in [2.45, 2.75) is 96.1 Å². The predicted octanol–water partition coefficient (Wildman–Crippen LogP) is 4.48. The first-order valence-electron chi connectivity index (χ1n) is 12.5. The normalized spacial score (nSPS) is 23.1.